The van der Waals surface area contributed by atoms with E-state index in [4.69, 9.17) is 9.97 Å². The molecule has 3 nitrogen and oxygen atoms in total. The van der Waals surface area contributed by atoms with E-state index >= 15 is 0 Å². The molecular formula is C49H35N3. The molecular weight excluding hydrogens is 631 g/mol. The lowest BCUT2D eigenvalue weighted by Crippen LogP contribution is -2.15. The van der Waals surface area contributed by atoms with Crippen LogP contribution in [0.15, 0.2) is 158 Å². The van der Waals surface area contributed by atoms with Gasteiger partial charge in [-0.1, -0.05) is 129 Å². The van der Waals surface area contributed by atoms with E-state index in [1.165, 1.54) is 49.7 Å². The van der Waals surface area contributed by atoms with Crippen LogP contribution in [-0.4, -0.2) is 9.97 Å². The molecule has 2 heterocycles. The number of hydrogen-bond acceptors (Lipinski definition) is 3. The molecule has 1 aliphatic rings. The van der Waals surface area contributed by atoms with Crippen molar-refractivity contribution in [2.75, 3.05) is 0 Å². The molecule has 2 aromatic heterocycles. The minimum absolute atomic E-state index is 0.186. The topological polar surface area (TPSA) is 49.6 Å². The third-order valence-corrected chi connectivity index (χ3v) is 10.8. The SMILES string of the molecule is Cc1c(-c2cccc3ccccc23)cc(-c2ccc(-c3ccccc3)cc2)nc1-c1cncc(-c2ccc3c(c2)-c2ccc(C#N)cc2C3(C)C)c1. The molecule has 0 N–H and O–H groups in total. The number of hydrogen-bond donors (Lipinski definition) is 0. The fourth-order valence-corrected chi connectivity index (χ4v) is 7.97. The van der Waals surface area contributed by atoms with Crippen molar-refractivity contribution in [1.29, 1.82) is 5.26 Å². The summed E-state index contributed by atoms with van der Waals surface area (Å²) in [7, 11) is 0. The Kier molecular flexibility index (Phi) is 7.42. The van der Waals surface area contributed by atoms with Crippen molar-refractivity contribution in [2.45, 2.75) is 26.2 Å². The zero-order valence-corrected chi connectivity index (χ0v) is 29.4. The molecule has 0 unspecified atom stereocenters. The molecule has 0 spiro atoms. The van der Waals surface area contributed by atoms with Crippen LogP contribution in [0.2, 0.25) is 0 Å². The lowest BCUT2D eigenvalue weighted by molar-refractivity contribution is 0.660. The lowest BCUT2D eigenvalue weighted by atomic mass is 9.82. The Morgan fingerprint density at radius 2 is 1.23 bits per heavy atom. The van der Waals surface area contributed by atoms with Crippen LogP contribution in [-0.2, 0) is 5.41 Å². The first-order valence-electron chi connectivity index (χ1n) is 17.7. The van der Waals surface area contributed by atoms with Gasteiger partial charge in [0.25, 0.3) is 0 Å². The van der Waals surface area contributed by atoms with E-state index in [0.29, 0.717) is 5.56 Å². The van der Waals surface area contributed by atoms with Gasteiger partial charge in [0.05, 0.1) is 23.0 Å². The minimum Gasteiger partial charge on any atom is -0.263 e. The van der Waals surface area contributed by atoms with Crippen LogP contribution >= 0.6 is 0 Å². The molecule has 0 amide bonds. The van der Waals surface area contributed by atoms with E-state index in [1.807, 2.05) is 30.6 Å². The maximum atomic E-state index is 9.59. The molecule has 9 rings (SSSR count). The van der Waals surface area contributed by atoms with Crippen molar-refractivity contribution in [1.82, 2.24) is 9.97 Å². The van der Waals surface area contributed by atoms with Crippen LogP contribution in [0.25, 0.3) is 77.8 Å². The van der Waals surface area contributed by atoms with Crippen molar-refractivity contribution in [3.8, 4) is 73.1 Å². The Labute approximate surface area is 304 Å². The third kappa shape index (κ3) is 5.20. The summed E-state index contributed by atoms with van der Waals surface area (Å²) in [5.74, 6) is 0. The maximum Gasteiger partial charge on any atom is 0.0991 e. The van der Waals surface area contributed by atoms with Crippen molar-refractivity contribution in [3.05, 3.63) is 180 Å². The van der Waals surface area contributed by atoms with Crippen LogP contribution in [0.1, 0.15) is 36.1 Å². The normalized spacial score (nSPS) is 12.7. The Balaban J connectivity index is 1.19. The molecule has 0 aliphatic heterocycles. The summed E-state index contributed by atoms with van der Waals surface area (Å²) >= 11 is 0. The summed E-state index contributed by atoms with van der Waals surface area (Å²) in [4.78, 5) is 10.2. The van der Waals surface area contributed by atoms with Crippen molar-refractivity contribution in [3.63, 3.8) is 0 Å². The molecule has 0 bridgehead atoms. The highest BCUT2D eigenvalue weighted by atomic mass is 14.7. The Morgan fingerprint density at radius 3 is 2.06 bits per heavy atom. The van der Waals surface area contributed by atoms with Crippen LogP contribution in [0.5, 0.6) is 0 Å². The zero-order valence-electron chi connectivity index (χ0n) is 29.4. The van der Waals surface area contributed by atoms with Crippen LogP contribution in [0.3, 0.4) is 0 Å². The first-order valence-corrected chi connectivity index (χ1v) is 17.7. The Hall–Kier alpha value is -6.63. The average molecular weight is 666 g/mol. The van der Waals surface area contributed by atoms with Crippen LogP contribution in [0, 0.1) is 18.3 Å². The number of pyridine rings is 2. The second-order valence-corrected chi connectivity index (χ2v) is 14.2. The fourth-order valence-electron chi connectivity index (χ4n) is 7.97. The van der Waals surface area contributed by atoms with Gasteiger partial charge in [-0.25, -0.2) is 4.98 Å². The van der Waals surface area contributed by atoms with Gasteiger partial charge < -0.3 is 0 Å². The molecule has 1 aliphatic carbocycles. The number of aromatic nitrogens is 2. The molecule has 0 radical (unpaired) electrons. The van der Waals surface area contributed by atoms with E-state index in [0.717, 1.165) is 44.8 Å². The van der Waals surface area contributed by atoms with Crippen molar-refractivity contribution < 1.29 is 0 Å². The lowest BCUT2D eigenvalue weighted by Gasteiger charge is -2.21. The molecule has 246 valence electrons. The second kappa shape index (κ2) is 12.3. The highest BCUT2D eigenvalue weighted by Gasteiger charge is 2.35. The minimum atomic E-state index is -0.186. The van der Waals surface area contributed by atoms with Crippen molar-refractivity contribution >= 4 is 10.8 Å². The van der Waals surface area contributed by atoms with E-state index < -0.39 is 0 Å². The standard InChI is InChI=1S/C49H35N3/c1-31-43(41-15-9-13-35-12-7-8-14-40(35)41)27-47(36-19-17-34(18-20-36)33-10-5-4-6-11-33)52-48(31)39-25-38(29-51-30-39)37-21-23-45-44(26-37)42-22-16-32(28-50)24-46(42)49(45,2)3/h4-27,29-30H,1-3H3. The monoisotopic (exact) mass is 665 g/mol. The van der Waals surface area contributed by atoms with Gasteiger partial charge in [-0.2, -0.15) is 5.26 Å². The van der Waals surface area contributed by atoms with E-state index in [9.17, 15) is 5.26 Å². The molecule has 0 fully saturated rings. The summed E-state index contributed by atoms with van der Waals surface area (Å²) in [6.45, 7) is 6.66. The van der Waals surface area contributed by atoms with Crippen LogP contribution in [0.4, 0.5) is 0 Å². The summed E-state index contributed by atoms with van der Waals surface area (Å²) in [6, 6.07) is 53.9. The Morgan fingerprint density at radius 1 is 0.519 bits per heavy atom. The molecule has 0 atom stereocenters. The van der Waals surface area contributed by atoms with Gasteiger partial charge in [0, 0.05) is 34.5 Å². The van der Waals surface area contributed by atoms with Gasteiger partial charge in [0.1, 0.15) is 0 Å². The van der Waals surface area contributed by atoms with E-state index in [-0.39, 0.29) is 5.41 Å². The largest absolute Gasteiger partial charge is 0.263 e. The summed E-state index contributed by atoms with van der Waals surface area (Å²) < 4.78 is 0. The predicted molar refractivity (Wildman–Crippen MR) is 214 cm³/mol. The molecule has 52 heavy (non-hydrogen) atoms. The second-order valence-electron chi connectivity index (χ2n) is 14.2. The first kappa shape index (κ1) is 31.4. The fraction of sp³-hybridized carbons (Fsp3) is 0.0816. The highest BCUT2D eigenvalue weighted by molar-refractivity contribution is 5.99. The van der Waals surface area contributed by atoms with Gasteiger partial charge >= 0.3 is 0 Å². The number of nitriles is 1. The quantitative estimate of drug-likeness (QED) is 0.184. The third-order valence-electron chi connectivity index (χ3n) is 10.8. The van der Waals surface area contributed by atoms with Crippen LogP contribution < -0.4 is 0 Å². The van der Waals surface area contributed by atoms with E-state index in [1.54, 1.807) is 0 Å². The number of nitrogens with zero attached hydrogens (tertiary/aromatic N) is 3. The van der Waals surface area contributed by atoms with Gasteiger partial charge in [-0.05, 0) is 104 Å². The predicted octanol–water partition coefficient (Wildman–Crippen LogP) is 12.5. The van der Waals surface area contributed by atoms with Crippen molar-refractivity contribution in [2.24, 2.45) is 0 Å². The van der Waals surface area contributed by atoms with Gasteiger partial charge in [0.2, 0.25) is 0 Å². The number of rotatable bonds is 5. The Bertz CT molecular complexity index is 2710. The number of benzene rings is 6. The molecule has 6 aromatic carbocycles. The maximum absolute atomic E-state index is 9.59. The smallest absolute Gasteiger partial charge is 0.0991 e. The number of fused-ring (bicyclic) bond motifs is 4. The zero-order chi connectivity index (χ0) is 35.4. The first-order chi connectivity index (χ1) is 25.4. The van der Waals surface area contributed by atoms with E-state index in [2.05, 4.69) is 154 Å². The van der Waals surface area contributed by atoms with Gasteiger partial charge in [-0.3, -0.25) is 4.98 Å². The van der Waals surface area contributed by atoms with Gasteiger partial charge in [-0.15, -0.1) is 0 Å². The highest BCUT2D eigenvalue weighted by Crippen LogP contribution is 2.50. The molecule has 3 heteroatoms. The molecule has 0 saturated carbocycles. The molecule has 0 saturated heterocycles. The summed E-state index contributed by atoms with van der Waals surface area (Å²) in [5.41, 5.74) is 17.2. The summed E-state index contributed by atoms with van der Waals surface area (Å²) in [6.07, 6.45) is 3.88. The molecule has 8 aromatic rings. The summed E-state index contributed by atoms with van der Waals surface area (Å²) in [5, 5.41) is 12.0. The van der Waals surface area contributed by atoms with Gasteiger partial charge in [0.15, 0.2) is 0 Å². The average Bonchev–Trinajstić information content (AvgIpc) is 3.43.